The number of ether oxygens (including phenoxy) is 1. The fraction of sp³-hybridized carbons (Fsp3) is 0.267. The van der Waals surface area contributed by atoms with Crippen molar-refractivity contribution in [3.05, 3.63) is 29.1 Å². The number of amides is 2. The molecular weight excluding hydrogens is 352 g/mol. The molecular formula is C15H17ClN4O3S. The summed E-state index contributed by atoms with van der Waals surface area (Å²) in [7, 11) is 0. The fourth-order valence-electron chi connectivity index (χ4n) is 2.22. The smallest absolute Gasteiger partial charge is 0.245 e. The summed E-state index contributed by atoms with van der Waals surface area (Å²) in [5.74, 6) is 0.212. The van der Waals surface area contributed by atoms with Gasteiger partial charge in [0.05, 0.1) is 25.4 Å². The molecule has 0 fully saturated rings. The zero-order valence-electron chi connectivity index (χ0n) is 12.7. The van der Waals surface area contributed by atoms with Crippen LogP contribution in [0, 0.1) is 0 Å². The molecule has 128 valence electrons. The zero-order chi connectivity index (χ0) is 16.2. The Bertz CT molecular complexity index is 750. The van der Waals surface area contributed by atoms with Crippen molar-refractivity contribution in [2.75, 3.05) is 25.0 Å². The van der Waals surface area contributed by atoms with Crippen molar-refractivity contribution in [1.29, 1.82) is 0 Å². The predicted molar refractivity (Wildman–Crippen MR) is 94.7 cm³/mol. The molecule has 1 aromatic heterocycles. The quantitative estimate of drug-likeness (QED) is 0.734. The van der Waals surface area contributed by atoms with Crippen LogP contribution < -0.4 is 21.1 Å². The van der Waals surface area contributed by atoms with Gasteiger partial charge in [-0.05, 0) is 23.8 Å². The van der Waals surface area contributed by atoms with Crippen LogP contribution in [-0.2, 0) is 16.0 Å². The highest BCUT2D eigenvalue weighted by molar-refractivity contribution is 7.14. The topological polar surface area (TPSA) is 106 Å². The summed E-state index contributed by atoms with van der Waals surface area (Å²) in [5.41, 5.74) is 8.11. The van der Waals surface area contributed by atoms with Gasteiger partial charge in [0.1, 0.15) is 5.75 Å². The number of thiazole rings is 1. The molecule has 0 unspecified atom stereocenters. The number of hydrogen-bond donors (Lipinski definition) is 3. The van der Waals surface area contributed by atoms with Gasteiger partial charge < -0.3 is 21.1 Å². The third-order valence-corrected chi connectivity index (χ3v) is 4.12. The first kappa shape index (κ1) is 18.2. The third kappa shape index (κ3) is 4.22. The number of aromatic nitrogens is 1. The van der Waals surface area contributed by atoms with Crippen LogP contribution in [0.3, 0.4) is 0 Å². The minimum atomic E-state index is -0.375. The van der Waals surface area contributed by atoms with Gasteiger partial charge in [0.2, 0.25) is 11.8 Å². The number of nitrogens with zero attached hydrogens (tertiary/aromatic N) is 1. The summed E-state index contributed by atoms with van der Waals surface area (Å²) in [6.07, 6.45) is 0.901. The number of nitrogens with two attached hydrogens (primary N) is 1. The van der Waals surface area contributed by atoms with Gasteiger partial charge in [0.25, 0.3) is 0 Å². The molecule has 2 amide bonds. The van der Waals surface area contributed by atoms with Crippen molar-refractivity contribution in [3.8, 4) is 17.0 Å². The van der Waals surface area contributed by atoms with Crippen LogP contribution in [0.15, 0.2) is 23.6 Å². The normalized spacial score (nSPS) is 11.9. The molecule has 2 aromatic rings. The van der Waals surface area contributed by atoms with Gasteiger partial charge in [-0.1, -0.05) is 0 Å². The lowest BCUT2D eigenvalue weighted by molar-refractivity contribution is -0.123. The Morgan fingerprint density at radius 2 is 2.17 bits per heavy atom. The monoisotopic (exact) mass is 368 g/mol. The molecule has 0 bridgehead atoms. The summed E-state index contributed by atoms with van der Waals surface area (Å²) in [6.45, 7) is 0.448. The number of rotatable bonds is 5. The van der Waals surface area contributed by atoms with E-state index in [4.69, 9.17) is 10.5 Å². The molecule has 9 heteroatoms. The van der Waals surface area contributed by atoms with Crippen molar-refractivity contribution >= 4 is 40.7 Å². The van der Waals surface area contributed by atoms with Gasteiger partial charge in [-0.15, -0.1) is 23.7 Å². The summed E-state index contributed by atoms with van der Waals surface area (Å²) in [4.78, 5) is 27.1. The van der Waals surface area contributed by atoms with Gasteiger partial charge in [-0.2, -0.15) is 0 Å². The third-order valence-electron chi connectivity index (χ3n) is 3.37. The maximum Gasteiger partial charge on any atom is 0.245 e. The molecule has 1 aliphatic rings. The van der Waals surface area contributed by atoms with Gasteiger partial charge in [-0.25, -0.2) is 4.98 Å². The number of benzene rings is 1. The molecule has 3 rings (SSSR count). The van der Waals surface area contributed by atoms with Gasteiger partial charge >= 0.3 is 0 Å². The highest BCUT2D eigenvalue weighted by Gasteiger charge is 2.14. The number of hydrogen-bond acceptors (Lipinski definition) is 6. The van der Waals surface area contributed by atoms with Crippen LogP contribution >= 0.6 is 23.7 Å². The molecule has 1 aliphatic heterocycles. The van der Waals surface area contributed by atoms with E-state index in [2.05, 4.69) is 21.7 Å². The molecule has 0 radical (unpaired) electrons. The SMILES string of the molecule is Cl.NCC(=O)NCC(=O)Nc1nc(-c2ccc3c(c2)CCO3)cs1. The fourth-order valence-corrected chi connectivity index (χ4v) is 2.96. The first-order chi connectivity index (χ1) is 11.2. The van der Waals surface area contributed by atoms with E-state index in [0.29, 0.717) is 11.7 Å². The summed E-state index contributed by atoms with van der Waals surface area (Å²) >= 11 is 1.33. The van der Waals surface area contributed by atoms with Crippen LogP contribution in [0.1, 0.15) is 5.56 Å². The van der Waals surface area contributed by atoms with Crippen LogP contribution in [-0.4, -0.2) is 36.5 Å². The lowest BCUT2D eigenvalue weighted by atomic mass is 10.1. The number of anilines is 1. The largest absolute Gasteiger partial charge is 0.493 e. The van der Waals surface area contributed by atoms with Crippen molar-refractivity contribution < 1.29 is 14.3 Å². The van der Waals surface area contributed by atoms with Crippen molar-refractivity contribution in [2.24, 2.45) is 5.73 Å². The van der Waals surface area contributed by atoms with Crippen molar-refractivity contribution in [2.45, 2.75) is 6.42 Å². The number of nitrogens with one attached hydrogen (secondary N) is 2. The Balaban J connectivity index is 0.00000208. The van der Waals surface area contributed by atoms with Crippen molar-refractivity contribution in [1.82, 2.24) is 10.3 Å². The van der Waals surface area contributed by atoms with Crippen LogP contribution in [0.4, 0.5) is 5.13 Å². The standard InChI is InChI=1S/C15H16N4O3S.ClH/c16-6-13(20)17-7-14(21)19-15-18-11(8-23-15)9-1-2-12-10(5-9)3-4-22-12;/h1-2,5,8H,3-4,6-7,16H2,(H,17,20)(H,18,19,21);1H. The first-order valence-electron chi connectivity index (χ1n) is 7.14. The Hall–Kier alpha value is -2.16. The van der Waals surface area contributed by atoms with Crippen LogP contribution in [0.2, 0.25) is 0 Å². The maximum atomic E-state index is 11.7. The summed E-state index contributed by atoms with van der Waals surface area (Å²) in [5, 5.41) is 7.43. The number of carbonyl (C=O) groups is 2. The molecule has 0 atom stereocenters. The Kier molecular flexibility index (Phi) is 6.13. The first-order valence-corrected chi connectivity index (χ1v) is 8.02. The highest BCUT2D eigenvalue weighted by Crippen LogP contribution is 2.31. The van der Waals surface area contributed by atoms with Gasteiger partial charge in [0, 0.05) is 17.4 Å². The van der Waals surface area contributed by atoms with E-state index in [1.807, 2.05) is 17.5 Å². The molecule has 0 aliphatic carbocycles. The molecule has 7 nitrogen and oxygen atoms in total. The minimum absolute atomic E-state index is 0. The van der Waals surface area contributed by atoms with E-state index in [-0.39, 0.29) is 37.3 Å². The average molecular weight is 369 g/mol. The molecule has 2 heterocycles. The zero-order valence-corrected chi connectivity index (χ0v) is 14.3. The molecule has 0 spiro atoms. The minimum Gasteiger partial charge on any atom is -0.493 e. The summed E-state index contributed by atoms with van der Waals surface area (Å²) in [6, 6.07) is 5.95. The second-order valence-electron chi connectivity index (χ2n) is 4.99. The van der Waals surface area contributed by atoms with Crippen molar-refractivity contribution in [3.63, 3.8) is 0 Å². The Labute approximate surface area is 149 Å². The molecule has 24 heavy (non-hydrogen) atoms. The lowest BCUT2D eigenvalue weighted by Crippen LogP contribution is -2.36. The number of fused-ring (bicyclic) bond motifs is 1. The van der Waals surface area contributed by atoms with E-state index in [1.54, 1.807) is 0 Å². The van der Waals surface area contributed by atoms with Crippen LogP contribution in [0.5, 0.6) is 5.75 Å². The second kappa shape index (κ2) is 8.09. The Morgan fingerprint density at radius 3 is 2.96 bits per heavy atom. The molecule has 0 saturated heterocycles. The van der Waals surface area contributed by atoms with E-state index < -0.39 is 0 Å². The van der Waals surface area contributed by atoms with E-state index in [1.165, 1.54) is 16.9 Å². The second-order valence-corrected chi connectivity index (χ2v) is 5.85. The van der Waals surface area contributed by atoms with Crippen LogP contribution in [0.25, 0.3) is 11.3 Å². The molecule has 0 saturated carbocycles. The molecule has 4 N–H and O–H groups in total. The average Bonchev–Trinajstić information content (AvgIpc) is 3.20. The lowest BCUT2D eigenvalue weighted by Gasteiger charge is -2.03. The summed E-state index contributed by atoms with van der Waals surface area (Å²) < 4.78 is 5.48. The Morgan fingerprint density at radius 1 is 1.33 bits per heavy atom. The van der Waals surface area contributed by atoms with E-state index in [9.17, 15) is 9.59 Å². The number of halogens is 1. The maximum absolute atomic E-state index is 11.7. The van der Waals surface area contributed by atoms with E-state index in [0.717, 1.165) is 23.4 Å². The molecule has 1 aromatic carbocycles. The van der Waals surface area contributed by atoms with Gasteiger partial charge in [-0.3, -0.25) is 9.59 Å². The van der Waals surface area contributed by atoms with E-state index >= 15 is 0 Å². The predicted octanol–water partition coefficient (Wildman–Crippen LogP) is 1.18. The number of carbonyl (C=O) groups excluding carboxylic acids is 2. The highest BCUT2D eigenvalue weighted by atomic mass is 35.5. The van der Waals surface area contributed by atoms with Gasteiger partial charge in [0.15, 0.2) is 5.13 Å².